The van der Waals surface area contributed by atoms with Crippen molar-refractivity contribution in [3.63, 3.8) is 0 Å². The SMILES string of the molecule is O=C(NC(CO)CC1CCCO1)c1cc2cccnc2[nH]1. The largest absolute Gasteiger partial charge is 0.394 e. The quantitative estimate of drug-likeness (QED) is 0.772. The van der Waals surface area contributed by atoms with Crippen molar-refractivity contribution in [2.45, 2.75) is 31.4 Å². The molecule has 6 nitrogen and oxygen atoms in total. The molecule has 0 radical (unpaired) electrons. The predicted octanol–water partition coefficient (Wildman–Crippen LogP) is 1.22. The van der Waals surface area contributed by atoms with Gasteiger partial charge in [0.05, 0.1) is 18.8 Å². The number of carbonyl (C=O) groups excluding carboxylic acids is 1. The topological polar surface area (TPSA) is 87.2 Å². The van der Waals surface area contributed by atoms with Crippen LogP contribution in [-0.4, -0.2) is 46.3 Å². The van der Waals surface area contributed by atoms with Crippen LogP contribution in [0.2, 0.25) is 0 Å². The van der Waals surface area contributed by atoms with Crippen LogP contribution in [0.3, 0.4) is 0 Å². The highest BCUT2D eigenvalue weighted by atomic mass is 16.5. The molecule has 0 aromatic carbocycles. The maximum absolute atomic E-state index is 12.2. The zero-order chi connectivity index (χ0) is 14.7. The van der Waals surface area contributed by atoms with E-state index in [1.807, 2.05) is 12.1 Å². The molecule has 0 bridgehead atoms. The number of nitrogens with zero attached hydrogens (tertiary/aromatic N) is 1. The molecule has 3 heterocycles. The van der Waals surface area contributed by atoms with Gasteiger partial charge in [-0.25, -0.2) is 4.98 Å². The number of ether oxygens (including phenoxy) is 1. The summed E-state index contributed by atoms with van der Waals surface area (Å²) in [6.45, 7) is 0.675. The number of rotatable bonds is 5. The molecule has 6 heteroatoms. The van der Waals surface area contributed by atoms with Crippen LogP contribution in [0.5, 0.6) is 0 Å². The third-order valence-corrected chi connectivity index (χ3v) is 3.76. The third-order valence-electron chi connectivity index (χ3n) is 3.76. The first-order valence-corrected chi connectivity index (χ1v) is 7.23. The van der Waals surface area contributed by atoms with Crippen LogP contribution < -0.4 is 5.32 Å². The number of pyridine rings is 1. The van der Waals surface area contributed by atoms with E-state index in [1.54, 1.807) is 12.3 Å². The number of aromatic nitrogens is 2. The lowest BCUT2D eigenvalue weighted by Crippen LogP contribution is -2.40. The highest BCUT2D eigenvalue weighted by Crippen LogP contribution is 2.17. The van der Waals surface area contributed by atoms with Crippen molar-refractivity contribution >= 4 is 16.9 Å². The maximum atomic E-state index is 12.2. The fourth-order valence-corrected chi connectivity index (χ4v) is 2.67. The van der Waals surface area contributed by atoms with Gasteiger partial charge in [-0.1, -0.05) is 0 Å². The fourth-order valence-electron chi connectivity index (χ4n) is 2.67. The molecule has 0 aliphatic carbocycles. The summed E-state index contributed by atoms with van der Waals surface area (Å²) in [7, 11) is 0. The lowest BCUT2D eigenvalue weighted by atomic mass is 10.1. The second kappa shape index (κ2) is 6.24. The van der Waals surface area contributed by atoms with E-state index < -0.39 is 0 Å². The Labute approximate surface area is 122 Å². The summed E-state index contributed by atoms with van der Waals surface area (Å²) in [5, 5.41) is 13.2. The molecule has 2 aromatic rings. The molecule has 112 valence electrons. The minimum absolute atomic E-state index is 0.0932. The third kappa shape index (κ3) is 3.22. The standard InChI is InChI=1S/C15H19N3O3/c19-9-11(8-12-4-2-6-21-12)17-15(20)13-7-10-3-1-5-16-14(10)18-13/h1,3,5,7,11-12,19H,2,4,6,8-9H2,(H,16,18)(H,17,20). The molecule has 2 atom stereocenters. The minimum atomic E-state index is -0.292. The second-order valence-corrected chi connectivity index (χ2v) is 5.35. The van der Waals surface area contributed by atoms with Gasteiger partial charge in [0, 0.05) is 18.2 Å². The number of aliphatic hydroxyl groups excluding tert-OH is 1. The van der Waals surface area contributed by atoms with E-state index in [4.69, 9.17) is 4.74 Å². The lowest BCUT2D eigenvalue weighted by Gasteiger charge is -2.19. The van der Waals surface area contributed by atoms with E-state index in [2.05, 4.69) is 15.3 Å². The maximum Gasteiger partial charge on any atom is 0.268 e. The molecule has 0 saturated carbocycles. The number of hydrogen-bond acceptors (Lipinski definition) is 4. The van der Waals surface area contributed by atoms with Gasteiger partial charge in [0.25, 0.3) is 5.91 Å². The Kier molecular flexibility index (Phi) is 4.17. The Balaban J connectivity index is 1.65. The van der Waals surface area contributed by atoms with Crippen LogP contribution in [0.25, 0.3) is 11.0 Å². The van der Waals surface area contributed by atoms with Crippen molar-refractivity contribution in [2.75, 3.05) is 13.2 Å². The van der Waals surface area contributed by atoms with Crippen molar-refractivity contribution < 1.29 is 14.6 Å². The van der Waals surface area contributed by atoms with E-state index in [0.29, 0.717) is 17.8 Å². The van der Waals surface area contributed by atoms with Gasteiger partial charge >= 0.3 is 0 Å². The molecule has 21 heavy (non-hydrogen) atoms. The Morgan fingerprint density at radius 3 is 3.24 bits per heavy atom. The van der Waals surface area contributed by atoms with Gasteiger partial charge in [0.1, 0.15) is 11.3 Å². The van der Waals surface area contributed by atoms with Gasteiger partial charge in [-0.05, 0) is 37.5 Å². The first kappa shape index (κ1) is 14.0. The molecular weight excluding hydrogens is 270 g/mol. The fraction of sp³-hybridized carbons (Fsp3) is 0.467. The van der Waals surface area contributed by atoms with Gasteiger partial charge < -0.3 is 20.1 Å². The van der Waals surface area contributed by atoms with Crippen molar-refractivity contribution in [3.8, 4) is 0 Å². The van der Waals surface area contributed by atoms with Crippen molar-refractivity contribution in [1.29, 1.82) is 0 Å². The molecule has 1 fully saturated rings. The number of H-pyrrole nitrogens is 1. The summed E-state index contributed by atoms with van der Waals surface area (Å²) in [6.07, 6.45) is 4.48. The summed E-state index contributed by atoms with van der Waals surface area (Å²) in [6, 6.07) is 5.19. The molecule has 0 spiro atoms. The number of fused-ring (bicyclic) bond motifs is 1. The number of hydrogen-bond donors (Lipinski definition) is 3. The Hall–Kier alpha value is -1.92. The number of amides is 1. The van der Waals surface area contributed by atoms with Crippen LogP contribution in [-0.2, 0) is 4.74 Å². The number of carbonyl (C=O) groups is 1. The van der Waals surface area contributed by atoms with Gasteiger partial charge in [0.2, 0.25) is 0 Å². The molecule has 1 saturated heterocycles. The van der Waals surface area contributed by atoms with Crippen molar-refractivity contribution in [1.82, 2.24) is 15.3 Å². The molecular formula is C15H19N3O3. The van der Waals surface area contributed by atoms with Crippen LogP contribution >= 0.6 is 0 Å². The van der Waals surface area contributed by atoms with Crippen LogP contribution in [0.1, 0.15) is 29.8 Å². The summed E-state index contributed by atoms with van der Waals surface area (Å²) in [5.41, 5.74) is 1.14. The van der Waals surface area contributed by atoms with E-state index >= 15 is 0 Å². The van der Waals surface area contributed by atoms with Crippen molar-refractivity contribution in [2.24, 2.45) is 0 Å². The van der Waals surface area contributed by atoms with Crippen LogP contribution in [0.15, 0.2) is 24.4 Å². The van der Waals surface area contributed by atoms with Gasteiger partial charge in [-0.2, -0.15) is 0 Å². The van der Waals surface area contributed by atoms with E-state index in [-0.39, 0.29) is 24.7 Å². The lowest BCUT2D eigenvalue weighted by molar-refractivity contribution is 0.0755. The summed E-state index contributed by atoms with van der Waals surface area (Å²) in [5.74, 6) is -0.231. The number of nitrogens with one attached hydrogen (secondary N) is 2. The van der Waals surface area contributed by atoms with E-state index in [1.165, 1.54) is 0 Å². The molecule has 2 unspecified atom stereocenters. The summed E-state index contributed by atoms with van der Waals surface area (Å²) >= 11 is 0. The average molecular weight is 289 g/mol. The van der Waals surface area contributed by atoms with E-state index in [9.17, 15) is 9.90 Å². The smallest absolute Gasteiger partial charge is 0.268 e. The normalized spacial score (nSPS) is 19.8. The molecule has 1 aliphatic rings. The summed E-state index contributed by atoms with van der Waals surface area (Å²) < 4.78 is 5.54. The zero-order valence-electron chi connectivity index (χ0n) is 11.7. The minimum Gasteiger partial charge on any atom is -0.394 e. The van der Waals surface area contributed by atoms with Gasteiger partial charge in [0.15, 0.2) is 0 Å². The second-order valence-electron chi connectivity index (χ2n) is 5.35. The van der Waals surface area contributed by atoms with Crippen LogP contribution in [0.4, 0.5) is 0 Å². The van der Waals surface area contributed by atoms with Crippen molar-refractivity contribution in [3.05, 3.63) is 30.1 Å². The van der Waals surface area contributed by atoms with Gasteiger partial charge in [-0.3, -0.25) is 4.79 Å². The highest BCUT2D eigenvalue weighted by molar-refractivity contribution is 5.97. The molecule has 2 aromatic heterocycles. The average Bonchev–Trinajstić information content (AvgIpc) is 3.15. The van der Waals surface area contributed by atoms with Crippen LogP contribution in [0, 0.1) is 0 Å². The Morgan fingerprint density at radius 2 is 2.52 bits per heavy atom. The monoisotopic (exact) mass is 289 g/mol. The van der Waals surface area contributed by atoms with Gasteiger partial charge in [-0.15, -0.1) is 0 Å². The Bertz CT molecular complexity index is 586. The molecule has 1 aliphatic heterocycles. The van der Waals surface area contributed by atoms with E-state index in [0.717, 1.165) is 24.8 Å². The number of aromatic amines is 1. The summed E-state index contributed by atoms with van der Waals surface area (Å²) in [4.78, 5) is 19.4. The molecule has 3 rings (SSSR count). The first-order valence-electron chi connectivity index (χ1n) is 7.23. The molecule has 1 amide bonds. The zero-order valence-corrected chi connectivity index (χ0v) is 11.7. The number of aliphatic hydroxyl groups is 1. The predicted molar refractivity (Wildman–Crippen MR) is 78.0 cm³/mol. The first-order chi connectivity index (χ1) is 10.3. The molecule has 3 N–H and O–H groups in total. The highest BCUT2D eigenvalue weighted by Gasteiger charge is 2.22. The Morgan fingerprint density at radius 1 is 1.62 bits per heavy atom.